The Morgan fingerprint density at radius 2 is 1.80 bits per heavy atom. The van der Waals surface area contributed by atoms with Gasteiger partial charge < -0.3 is 5.73 Å². The maximum Gasteiger partial charge on any atom is 0.221 e. The first-order chi connectivity index (χ1) is 9.54. The number of pyridine rings is 1. The molecule has 3 aromatic rings. The predicted octanol–water partition coefficient (Wildman–Crippen LogP) is 3.72. The Balaban J connectivity index is 2.33. The van der Waals surface area contributed by atoms with Gasteiger partial charge in [-0.15, -0.1) is 0 Å². The Kier molecular flexibility index (Phi) is 3.16. The molecule has 4 nitrogen and oxygen atoms in total. The standard InChI is InChI=1S/C13H7Cl2FN4/c14-7-2-1-6(5-8(7)16)11-12-9(18-13(17)20-11)3-4-10(15)19-12/h1-5H,(H2,17,18,20). The van der Waals surface area contributed by atoms with Crippen molar-refractivity contribution in [1.82, 2.24) is 15.0 Å². The molecular formula is C13H7Cl2FN4. The van der Waals surface area contributed by atoms with Crippen LogP contribution in [0.15, 0.2) is 30.3 Å². The van der Waals surface area contributed by atoms with Gasteiger partial charge in [-0.1, -0.05) is 29.3 Å². The SMILES string of the molecule is Nc1nc(-c2ccc(Cl)c(F)c2)c2nc(Cl)ccc2n1. The maximum atomic E-state index is 13.6. The number of nitrogens with two attached hydrogens (primary N) is 1. The topological polar surface area (TPSA) is 64.7 Å². The highest BCUT2D eigenvalue weighted by Crippen LogP contribution is 2.28. The normalized spacial score (nSPS) is 10.9. The molecule has 2 N–H and O–H groups in total. The minimum Gasteiger partial charge on any atom is -0.368 e. The first kappa shape index (κ1) is 13.0. The van der Waals surface area contributed by atoms with Gasteiger partial charge in [0, 0.05) is 5.56 Å². The number of rotatable bonds is 1. The fourth-order valence-corrected chi connectivity index (χ4v) is 2.12. The summed E-state index contributed by atoms with van der Waals surface area (Å²) in [5.74, 6) is -0.469. The van der Waals surface area contributed by atoms with Crippen LogP contribution in [0.5, 0.6) is 0 Å². The molecule has 1 aromatic carbocycles. The van der Waals surface area contributed by atoms with E-state index in [2.05, 4.69) is 15.0 Å². The van der Waals surface area contributed by atoms with E-state index in [-0.39, 0.29) is 11.0 Å². The highest BCUT2D eigenvalue weighted by Gasteiger charge is 2.12. The molecule has 2 heterocycles. The van der Waals surface area contributed by atoms with Gasteiger partial charge in [0.25, 0.3) is 0 Å². The van der Waals surface area contributed by atoms with Crippen LogP contribution in [0.25, 0.3) is 22.3 Å². The van der Waals surface area contributed by atoms with Gasteiger partial charge in [0.05, 0.1) is 10.5 Å². The van der Waals surface area contributed by atoms with Crippen LogP contribution in [-0.2, 0) is 0 Å². The second-order valence-electron chi connectivity index (χ2n) is 4.06. The molecule has 0 radical (unpaired) electrons. The van der Waals surface area contributed by atoms with E-state index in [9.17, 15) is 4.39 Å². The number of anilines is 1. The lowest BCUT2D eigenvalue weighted by molar-refractivity contribution is 0.628. The number of nitrogen functional groups attached to an aromatic ring is 1. The summed E-state index contributed by atoms with van der Waals surface area (Å²) in [5.41, 5.74) is 7.56. The van der Waals surface area contributed by atoms with Crippen molar-refractivity contribution >= 4 is 40.2 Å². The van der Waals surface area contributed by atoms with Gasteiger partial charge in [-0.05, 0) is 24.3 Å². The summed E-state index contributed by atoms with van der Waals surface area (Å²) in [6.07, 6.45) is 0. The molecule has 100 valence electrons. The molecule has 2 aromatic heterocycles. The fraction of sp³-hybridized carbons (Fsp3) is 0. The highest BCUT2D eigenvalue weighted by atomic mass is 35.5. The van der Waals surface area contributed by atoms with E-state index in [1.807, 2.05) is 0 Å². The summed E-state index contributed by atoms with van der Waals surface area (Å²) in [6, 6.07) is 7.63. The quantitative estimate of drug-likeness (QED) is 0.696. The van der Waals surface area contributed by atoms with E-state index in [0.29, 0.717) is 27.4 Å². The maximum absolute atomic E-state index is 13.6. The third kappa shape index (κ3) is 2.26. The van der Waals surface area contributed by atoms with Crippen molar-refractivity contribution in [2.24, 2.45) is 0 Å². The van der Waals surface area contributed by atoms with Crippen LogP contribution in [0, 0.1) is 5.82 Å². The molecule has 0 saturated carbocycles. The molecule has 0 bridgehead atoms. The van der Waals surface area contributed by atoms with E-state index >= 15 is 0 Å². The lowest BCUT2D eigenvalue weighted by Gasteiger charge is -2.07. The minimum absolute atomic E-state index is 0.0334. The van der Waals surface area contributed by atoms with E-state index in [4.69, 9.17) is 28.9 Å². The molecular weight excluding hydrogens is 302 g/mol. The first-order valence-electron chi connectivity index (χ1n) is 5.60. The van der Waals surface area contributed by atoms with E-state index in [1.54, 1.807) is 18.2 Å². The summed E-state index contributed by atoms with van der Waals surface area (Å²) in [7, 11) is 0. The van der Waals surface area contributed by atoms with Gasteiger partial charge in [0.15, 0.2) is 0 Å². The van der Waals surface area contributed by atoms with Crippen molar-refractivity contribution in [2.45, 2.75) is 0 Å². The van der Waals surface area contributed by atoms with Gasteiger partial charge in [0.1, 0.15) is 22.2 Å². The van der Waals surface area contributed by atoms with Gasteiger partial charge in [-0.25, -0.2) is 19.3 Å². The average molecular weight is 309 g/mol. The molecule has 0 atom stereocenters. The van der Waals surface area contributed by atoms with Crippen LogP contribution in [0.3, 0.4) is 0 Å². The lowest BCUT2D eigenvalue weighted by atomic mass is 10.1. The lowest BCUT2D eigenvalue weighted by Crippen LogP contribution is -1.99. The summed E-state index contributed by atoms with van der Waals surface area (Å²) in [5, 5.41) is 0.327. The molecule has 7 heteroatoms. The van der Waals surface area contributed by atoms with Gasteiger partial charge in [-0.2, -0.15) is 0 Å². The Bertz CT molecular complexity index is 823. The van der Waals surface area contributed by atoms with Crippen molar-refractivity contribution in [1.29, 1.82) is 0 Å². The van der Waals surface area contributed by atoms with Crippen LogP contribution < -0.4 is 5.73 Å². The fourth-order valence-electron chi connectivity index (χ4n) is 1.85. The smallest absolute Gasteiger partial charge is 0.221 e. The Hall–Kier alpha value is -1.98. The van der Waals surface area contributed by atoms with Crippen LogP contribution >= 0.6 is 23.2 Å². The number of halogens is 3. The number of hydrogen-bond acceptors (Lipinski definition) is 4. The largest absolute Gasteiger partial charge is 0.368 e. The number of hydrogen-bond donors (Lipinski definition) is 1. The molecule has 0 fully saturated rings. The zero-order valence-electron chi connectivity index (χ0n) is 9.94. The number of benzene rings is 1. The summed E-state index contributed by atoms with van der Waals surface area (Å²) < 4.78 is 13.6. The third-order valence-corrected chi connectivity index (χ3v) is 3.24. The van der Waals surface area contributed by atoms with Crippen molar-refractivity contribution in [3.05, 3.63) is 46.3 Å². The van der Waals surface area contributed by atoms with E-state index < -0.39 is 5.82 Å². The van der Waals surface area contributed by atoms with Crippen LogP contribution in [-0.4, -0.2) is 15.0 Å². The Morgan fingerprint density at radius 1 is 1.00 bits per heavy atom. The van der Waals surface area contributed by atoms with Crippen LogP contribution in [0.2, 0.25) is 10.2 Å². The van der Waals surface area contributed by atoms with E-state index in [1.165, 1.54) is 12.1 Å². The molecule has 0 unspecified atom stereocenters. The highest BCUT2D eigenvalue weighted by molar-refractivity contribution is 6.31. The summed E-state index contributed by atoms with van der Waals surface area (Å²) in [6.45, 7) is 0. The van der Waals surface area contributed by atoms with Crippen molar-refractivity contribution < 1.29 is 4.39 Å². The molecule has 3 rings (SSSR count). The summed E-state index contributed by atoms with van der Waals surface area (Å²) >= 11 is 11.6. The van der Waals surface area contributed by atoms with Gasteiger partial charge >= 0.3 is 0 Å². The van der Waals surface area contributed by atoms with Crippen molar-refractivity contribution in [3.63, 3.8) is 0 Å². The second-order valence-corrected chi connectivity index (χ2v) is 4.86. The minimum atomic E-state index is -0.545. The average Bonchev–Trinajstić information content (AvgIpc) is 2.41. The third-order valence-electron chi connectivity index (χ3n) is 2.72. The Labute approximate surface area is 123 Å². The van der Waals surface area contributed by atoms with Gasteiger partial charge in [0.2, 0.25) is 5.95 Å². The predicted molar refractivity (Wildman–Crippen MR) is 77.2 cm³/mol. The molecule has 0 aliphatic rings. The number of nitrogens with zero attached hydrogens (tertiary/aromatic N) is 3. The molecule has 0 amide bonds. The summed E-state index contributed by atoms with van der Waals surface area (Å²) in [4.78, 5) is 12.4. The molecule has 0 spiro atoms. The zero-order valence-corrected chi connectivity index (χ0v) is 11.5. The zero-order chi connectivity index (χ0) is 14.3. The van der Waals surface area contributed by atoms with Crippen molar-refractivity contribution in [2.75, 3.05) is 5.73 Å². The molecule has 0 saturated heterocycles. The first-order valence-corrected chi connectivity index (χ1v) is 6.35. The molecule has 0 aliphatic carbocycles. The van der Waals surface area contributed by atoms with Crippen LogP contribution in [0.4, 0.5) is 10.3 Å². The van der Waals surface area contributed by atoms with Gasteiger partial charge in [-0.3, -0.25) is 0 Å². The van der Waals surface area contributed by atoms with Crippen molar-refractivity contribution in [3.8, 4) is 11.3 Å². The second kappa shape index (κ2) is 4.85. The Morgan fingerprint density at radius 3 is 2.55 bits per heavy atom. The number of aromatic nitrogens is 3. The number of fused-ring (bicyclic) bond motifs is 1. The molecule has 20 heavy (non-hydrogen) atoms. The monoisotopic (exact) mass is 308 g/mol. The molecule has 0 aliphatic heterocycles. The van der Waals surface area contributed by atoms with Crippen LogP contribution in [0.1, 0.15) is 0 Å². The van der Waals surface area contributed by atoms with E-state index in [0.717, 1.165) is 0 Å².